The minimum absolute atomic E-state index is 0.0118. The third-order valence-corrected chi connectivity index (χ3v) is 3.06. The van der Waals surface area contributed by atoms with E-state index in [0.29, 0.717) is 6.61 Å². The van der Waals surface area contributed by atoms with Gasteiger partial charge in [0.05, 0.1) is 12.5 Å². The second kappa shape index (κ2) is 10.6. The van der Waals surface area contributed by atoms with Gasteiger partial charge in [0.25, 0.3) is 0 Å². The van der Waals surface area contributed by atoms with Crippen molar-refractivity contribution in [1.29, 1.82) is 0 Å². The minimum atomic E-state index is -0.0118. The first kappa shape index (κ1) is 16.5. The van der Waals surface area contributed by atoms with Crippen LogP contribution >= 0.6 is 0 Å². The quantitative estimate of drug-likeness (QED) is 0.414. The van der Waals surface area contributed by atoms with Gasteiger partial charge in [-0.25, -0.2) is 0 Å². The first-order valence-electron chi connectivity index (χ1n) is 7.24. The van der Waals surface area contributed by atoms with Crippen LogP contribution in [-0.2, 0) is 9.53 Å². The van der Waals surface area contributed by atoms with Crippen LogP contribution in [0.25, 0.3) is 0 Å². The maximum absolute atomic E-state index is 11.6. The van der Waals surface area contributed by atoms with Gasteiger partial charge in [-0.2, -0.15) is 0 Å². The lowest BCUT2D eigenvalue weighted by Gasteiger charge is -2.11. The molecule has 0 radical (unpaired) electrons. The summed E-state index contributed by atoms with van der Waals surface area (Å²) in [6.07, 6.45) is 7.94. The smallest absolute Gasteiger partial charge is 0.308 e. The summed E-state index contributed by atoms with van der Waals surface area (Å²) >= 11 is 0. The maximum Gasteiger partial charge on any atom is 0.308 e. The van der Waals surface area contributed by atoms with E-state index in [2.05, 4.69) is 20.8 Å². The standard InChI is InChI=1S/C15H30O2/c1-5-6-11-14(4)15(16)17-12-9-7-8-10-13(2)3/h13-14H,5-12H2,1-4H3. The summed E-state index contributed by atoms with van der Waals surface area (Å²) in [4.78, 5) is 11.6. The van der Waals surface area contributed by atoms with E-state index in [0.717, 1.165) is 31.6 Å². The Labute approximate surface area is 107 Å². The maximum atomic E-state index is 11.6. The lowest BCUT2D eigenvalue weighted by Crippen LogP contribution is -2.15. The molecule has 0 aromatic heterocycles. The SMILES string of the molecule is CCCCC(C)C(=O)OCCCCCC(C)C. The monoisotopic (exact) mass is 242 g/mol. The molecule has 1 atom stereocenters. The number of esters is 1. The molecule has 0 fully saturated rings. The van der Waals surface area contributed by atoms with Crippen LogP contribution in [0.4, 0.5) is 0 Å². The van der Waals surface area contributed by atoms with Gasteiger partial charge in [-0.1, -0.05) is 59.8 Å². The zero-order chi connectivity index (χ0) is 13.1. The fourth-order valence-corrected chi connectivity index (χ4v) is 1.77. The van der Waals surface area contributed by atoms with Gasteiger partial charge in [-0.3, -0.25) is 4.79 Å². The first-order valence-corrected chi connectivity index (χ1v) is 7.24. The van der Waals surface area contributed by atoms with Crippen LogP contribution in [0.2, 0.25) is 0 Å². The van der Waals surface area contributed by atoms with Crippen LogP contribution in [0.3, 0.4) is 0 Å². The van der Waals surface area contributed by atoms with E-state index in [1.54, 1.807) is 0 Å². The highest BCUT2D eigenvalue weighted by Crippen LogP contribution is 2.11. The molecule has 102 valence electrons. The van der Waals surface area contributed by atoms with Gasteiger partial charge in [-0.15, -0.1) is 0 Å². The molecule has 1 unspecified atom stereocenters. The molecular formula is C15H30O2. The molecular weight excluding hydrogens is 212 g/mol. The summed E-state index contributed by atoms with van der Waals surface area (Å²) in [6, 6.07) is 0. The van der Waals surface area contributed by atoms with E-state index in [-0.39, 0.29) is 11.9 Å². The highest BCUT2D eigenvalue weighted by Gasteiger charge is 2.12. The van der Waals surface area contributed by atoms with Crippen molar-refractivity contribution < 1.29 is 9.53 Å². The molecule has 0 heterocycles. The van der Waals surface area contributed by atoms with Crippen LogP contribution in [0.5, 0.6) is 0 Å². The molecule has 0 amide bonds. The van der Waals surface area contributed by atoms with Crippen LogP contribution in [0, 0.1) is 11.8 Å². The highest BCUT2D eigenvalue weighted by atomic mass is 16.5. The molecule has 2 heteroatoms. The van der Waals surface area contributed by atoms with E-state index in [9.17, 15) is 4.79 Å². The molecule has 0 N–H and O–H groups in total. The molecule has 0 aromatic carbocycles. The molecule has 0 saturated carbocycles. The Morgan fingerprint density at radius 2 is 1.71 bits per heavy atom. The minimum Gasteiger partial charge on any atom is -0.465 e. The average molecular weight is 242 g/mol. The van der Waals surface area contributed by atoms with E-state index >= 15 is 0 Å². The van der Waals surface area contributed by atoms with Crippen molar-refractivity contribution in [2.45, 2.75) is 72.6 Å². The van der Waals surface area contributed by atoms with Gasteiger partial charge in [0, 0.05) is 0 Å². The number of carbonyl (C=O) groups excluding carboxylic acids is 1. The molecule has 0 saturated heterocycles. The summed E-state index contributed by atoms with van der Waals surface area (Å²) in [7, 11) is 0. The Balaban J connectivity index is 3.38. The predicted molar refractivity (Wildman–Crippen MR) is 73.0 cm³/mol. The number of unbranched alkanes of at least 4 members (excludes halogenated alkanes) is 3. The fourth-order valence-electron chi connectivity index (χ4n) is 1.77. The van der Waals surface area contributed by atoms with E-state index in [4.69, 9.17) is 4.74 Å². The number of ether oxygens (including phenoxy) is 1. The van der Waals surface area contributed by atoms with Crippen molar-refractivity contribution in [2.24, 2.45) is 11.8 Å². The van der Waals surface area contributed by atoms with Gasteiger partial charge in [0.1, 0.15) is 0 Å². The van der Waals surface area contributed by atoms with E-state index in [1.165, 1.54) is 19.3 Å². The second-order valence-corrected chi connectivity index (χ2v) is 5.45. The molecule has 17 heavy (non-hydrogen) atoms. The number of hydrogen-bond donors (Lipinski definition) is 0. The first-order chi connectivity index (χ1) is 8.07. The molecule has 0 rings (SSSR count). The Morgan fingerprint density at radius 3 is 2.29 bits per heavy atom. The van der Waals surface area contributed by atoms with Crippen molar-refractivity contribution in [3.63, 3.8) is 0 Å². The Morgan fingerprint density at radius 1 is 1.00 bits per heavy atom. The van der Waals surface area contributed by atoms with Gasteiger partial charge in [0.15, 0.2) is 0 Å². The number of hydrogen-bond acceptors (Lipinski definition) is 2. The fraction of sp³-hybridized carbons (Fsp3) is 0.933. The highest BCUT2D eigenvalue weighted by molar-refractivity contribution is 5.71. The van der Waals surface area contributed by atoms with Crippen LogP contribution in [-0.4, -0.2) is 12.6 Å². The van der Waals surface area contributed by atoms with Gasteiger partial charge in [-0.05, 0) is 18.8 Å². The van der Waals surface area contributed by atoms with Crippen LogP contribution < -0.4 is 0 Å². The van der Waals surface area contributed by atoms with E-state index in [1.807, 2.05) is 6.92 Å². The molecule has 0 aliphatic carbocycles. The zero-order valence-corrected chi connectivity index (χ0v) is 12.1. The van der Waals surface area contributed by atoms with Crippen molar-refractivity contribution >= 4 is 5.97 Å². The summed E-state index contributed by atoms with van der Waals surface area (Å²) in [6.45, 7) is 9.21. The third-order valence-electron chi connectivity index (χ3n) is 3.06. The number of carbonyl (C=O) groups is 1. The lowest BCUT2D eigenvalue weighted by molar-refractivity contribution is -0.148. The van der Waals surface area contributed by atoms with Crippen molar-refractivity contribution in [1.82, 2.24) is 0 Å². The molecule has 0 spiro atoms. The van der Waals surface area contributed by atoms with Gasteiger partial charge < -0.3 is 4.74 Å². The van der Waals surface area contributed by atoms with Crippen LogP contribution in [0.1, 0.15) is 72.6 Å². The summed E-state index contributed by atoms with van der Waals surface area (Å²) in [5, 5.41) is 0. The van der Waals surface area contributed by atoms with Gasteiger partial charge >= 0.3 is 5.97 Å². The largest absolute Gasteiger partial charge is 0.465 e. The molecule has 0 bridgehead atoms. The Kier molecular flexibility index (Phi) is 10.3. The Bertz CT molecular complexity index is 187. The van der Waals surface area contributed by atoms with Crippen molar-refractivity contribution in [2.75, 3.05) is 6.61 Å². The van der Waals surface area contributed by atoms with Crippen molar-refractivity contribution in [3.05, 3.63) is 0 Å². The summed E-state index contributed by atoms with van der Waals surface area (Å²) in [5.41, 5.74) is 0. The molecule has 0 aromatic rings. The third kappa shape index (κ3) is 10.3. The zero-order valence-electron chi connectivity index (χ0n) is 12.1. The van der Waals surface area contributed by atoms with E-state index < -0.39 is 0 Å². The topological polar surface area (TPSA) is 26.3 Å². The molecule has 0 aliphatic rings. The number of rotatable bonds is 10. The summed E-state index contributed by atoms with van der Waals surface area (Å²) < 4.78 is 5.27. The lowest BCUT2D eigenvalue weighted by atomic mass is 10.0. The average Bonchev–Trinajstić information content (AvgIpc) is 2.29. The molecule has 0 aliphatic heterocycles. The second-order valence-electron chi connectivity index (χ2n) is 5.45. The van der Waals surface area contributed by atoms with Crippen molar-refractivity contribution in [3.8, 4) is 0 Å². The Hall–Kier alpha value is -0.530. The van der Waals surface area contributed by atoms with Gasteiger partial charge in [0.2, 0.25) is 0 Å². The normalized spacial score (nSPS) is 12.8. The summed E-state index contributed by atoms with van der Waals surface area (Å²) in [5.74, 6) is 0.847. The van der Waals surface area contributed by atoms with Crippen LogP contribution in [0.15, 0.2) is 0 Å². The predicted octanol–water partition coefficient (Wildman–Crippen LogP) is 4.57. The molecule has 2 nitrogen and oxygen atoms in total.